The van der Waals surface area contributed by atoms with Crippen molar-refractivity contribution in [3.8, 4) is 17.0 Å². The van der Waals surface area contributed by atoms with Gasteiger partial charge in [0.05, 0.1) is 11.8 Å². The normalized spacial score (nSPS) is 10.5. The minimum Gasteiger partial charge on any atom is -0.491 e. The number of benzene rings is 1. The molecule has 5 nitrogen and oxygen atoms in total. The Kier molecular flexibility index (Phi) is 3.75. The Bertz CT molecular complexity index is 579. The van der Waals surface area contributed by atoms with Gasteiger partial charge in [0.25, 0.3) is 5.91 Å². The molecule has 1 aromatic carbocycles. The zero-order valence-electron chi connectivity index (χ0n) is 10.8. The molecule has 5 heteroatoms. The van der Waals surface area contributed by atoms with Crippen LogP contribution >= 0.6 is 0 Å². The summed E-state index contributed by atoms with van der Waals surface area (Å²) in [7, 11) is 0. The summed E-state index contributed by atoms with van der Waals surface area (Å²) in [6, 6.07) is 9.21. The average Bonchev–Trinajstić information content (AvgIpc) is 2.39. The number of ether oxygens (including phenoxy) is 1. The summed E-state index contributed by atoms with van der Waals surface area (Å²) in [5.41, 5.74) is 6.68. The largest absolute Gasteiger partial charge is 0.491 e. The summed E-state index contributed by atoms with van der Waals surface area (Å²) in [6.07, 6.45) is 1.65. The molecular formula is C14H15N3O2. The highest BCUT2D eigenvalue weighted by Crippen LogP contribution is 2.21. The molecule has 0 saturated heterocycles. The van der Waals surface area contributed by atoms with Gasteiger partial charge in [0.2, 0.25) is 5.82 Å². The van der Waals surface area contributed by atoms with Crippen LogP contribution in [0.15, 0.2) is 36.5 Å². The number of carbonyl (C=O) groups excluding carboxylic acids is 1. The van der Waals surface area contributed by atoms with E-state index < -0.39 is 5.91 Å². The van der Waals surface area contributed by atoms with Crippen LogP contribution in [0.25, 0.3) is 11.3 Å². The second-order valence-corrected chi connectivity index (χ2v) is 4.32. The van der Waals surface area contributed by atoms with Crippen molar-refractivity contribution in [2.75, 3.05) is 0 Å². The molecule has 0 spiro atoms. The van der Waals surface area contributed by atoms with Gasteiger partial charge >= 0.3 is 0 Å². The SMILES string of the molecule is CC(C)Oc1ccc(-c2ccnc(C(N)=O)n2)cc1. The van der Waals surface area contributed by atoms with Crippen LogP contribution in [0.2, 0.25) is 0 Å². The van der Waals surface area contributed by atoms with Gasteiger partial charge in [-0.25, -0.2) is 9.97 Å². The Morgan fingerprint density at radius 3 is 2.47 bits per heavy atom. The van der Waals surface area contributed by atoms with E-state index in [1.54, 1.807) is 6.07 Å². The maximum absolute atomic E-state index is 11.0. The van der Waals surface area contributed by atoms with Gasteiger partial charge in [0, 0.05) is 11.8 Å². The number of rotatable bonds is 4. The fourth-order valence-electron chi connectivity index (χ4n) is 1.61. The highest BCUT2D eigenvalue weighted by Gasteiger charge is 2.07. The molecule has 0 aliphatic carbocycles. The van der Waals surface area contributed by atoms with Crippen LogP contribution in [-0.4, -0.2) is 22.0 Å². The third kappa shape index (κ3) is 3.28. The van der Waals surface area contributed by atoms with Gasteiger partial charge in [0.1, 0.15) is 5.75 Å². The van der Waals surface area contributed by atoms with Crippen molar-refractivity contribution < 1.29 is 9.53 Å². The zero-order chi connectivity index (χ0) is 13.8. The third-order valence-corrected chi connectivity index (χ3v) is 2.40. The van der Waals surface area contributed by atoms with E-state index in [0.717, 1.165) is 11.3 Å². The fourth-order valence-corrected chi connectivity index (χ4v) is 1.61. The number of carbonyl (C=O) groups is 1. The van der Waals surface area contributed by atoms with E-state index in [9.17, 15) is 4.79 Å². The molecule has 1 amide bonds. The molecule has 98 valence electrons. The van der Waals surface area contributed by atoms with Gasteiger partial charge in [-0.05, 0) is 44.2 Å². The van der Waals surface area contributed by atoms with Crippen molar-refractivity contribution in [2.24, 2.45) is 5.73 Å². The first kappa shape index (κ1) is 13.0. The van der Waals surface area contributed by atoms with Crippen molar-refractivity contribution in [1.82, 2.24) is 9.97 Å². The van der Waals surface area contributed by atoms with E-state index in [2.05, 4.69) is 9.97 Å². The summed E-state index contributed by atoms with van der Waals surface area (Å²) in [4.78, 5) is 19.0. The van der Waals surface area contributed by atoms with Crippen LogP contribution in [0.3, 0.4) is 0 Å². The van der Waals surface area contributed by atoms with Crippen LogP contribution in [0.5, 0.6) is 5.75 Å². The van der Waals surface area contributed by atoms with Crippen LogP contribution in [0.1, 0.15) is 24.5 Å². The molecule has 0 unspecified atom stereocenters. The standard InChI is InChI=1S/C14H15N3O2/c1-9(2)19-11-5-3-10(4-6-11)12-7-8-16-14(17-12)13(15)18/h3-9H,1-2H3,(H2,15,18). The van der Waals surface area contributed by atoms with E-state index in [4.69, 9.17) is 10.5 Å². The van der Waals surface area contributed by atoms with Crippen molar-refractivity contribution >= 4 is 5.91 Å². The minimum atomic E-state index is -0.637. The first-order valence-corrected chi connectivity index (χ1v) is 5.96. The molecule has 1 heterocycles. The molecule has 2 rings (SSSR count). The number of nitrogens with zero attached hydrogens (tertiary/aromatic N) is 2. The average molecular weight is 257 g/mol. The summed E-state index contributed by atoms with van der Waals surface area (Å²) in [6.45, 7) is 3.94. The molecule has 0 aliphatic heterocycles. The first-order chi connectivity index (χ1) is 9.06. The van der Waals surface area contributed by atoms with Crippen molar-refractivity contribution in [2.45, 2.75) is 20.0 Å². The van der Waals surface area contributed by atoms with Gasteiger partial charge in [-0.2, -0.15) is 0 Å². The number of nitrogens with two attached hydrogens (primary N) is 1. The minimum absolute atomic E-state index is 0.0139. The van der Waals surface area contributed by atoms with Gasteiger partial charge < -0.3 is 10.5 Å². The van der Waals surface area contributed by atoms with E-state index >= 15 is 0 Å². The molecular weight excluding hydrogens is 242 g/mol. The molecule has 0 aliphatic rings. The molecule has 19 heavy (non-hydrogen) atoms. The van der Waals surface area contributed by atoms with Crippen LogP contribution < -0.4 is 10.5 Å². The van der Waals surface area contributed by atoms with Crippen molar-refractivity contribution in [3.63, 3.8) is 0 Å². The predicted molar refractivity (Wildman–Crippen MR) is 71.7 cm³/mol. The molecule has 0 radical (unpaired) electrons. The zero-order valence-corrected chi connectivity index (χ0v) is 10.8. The summed E-state index contributed by atoms with van der Waals surface area (Å²) in [5, 5.41) is 0. The predicted octanol–water partition coefficient (Wildman–Crippen LogP) is 2.03. The van der Waals surface area contributed by atoms with E-state index in [1.165, 1.54) is 6.20 Å². The quantitative estimate of drug-likeness (QED) is 0.909. The van der Waals surface area contributed by atoms with Gasteiger partial charge in [-0.15, -0.1) is 0 Å². The Labute approximate surface area is 111 Å². The van der Waals surface area contributed by atoms with Crippen molar-refractivity contribution in [1.29, 1.82) is 0 Å². The summed E-state index contributed by atoms with van der Waals surface area (Å²) >= 11 is 0. The van der Waals surface area contributed by atoms with Gasteiger partial charge in [0.15, 0.2) is 0 Å². The smallest absolute Gasteiger partial charge is 0.286 e. The summed E-state index contributed by atoms with van der Waals surface area (Å²) < 4.78 is 5.56. The molecule has 0 atom stereocenters. The van der Waals surface area contributed by atoms with Gasteiger partial charge in [-0.1, -0.05) is 0 Å². The molecule has 0 fully saturated rings. The maximum atomic E-state index is 11.0. The van der Waals surface area contributed by atoms with E-state index in [0.29, 0.717) is 5.69 Å². The Morgan fingerprint density at radius 1 is 1.21 bits per heavy atom. The number of primary amides is 1. The number of amides is 1. The lowest BCUT2D eigenvalue weighted by molar-refractivity contribution is 0.0990. The fraction of sp³-hybridized carbons (Fsp3) is 0.214. The lowest BCUT2D eigenvalue weighted by Gasteiger charge is -2.10. The van der Waals surface area contributed by atoms with Gasteiger partial charge in [-0.3, -0.25) is 4.79 Å². The molecule has 1 aromatic heterocycles. The highest BCUT2D eigenvalue weighted by atomic mass is 16.5. The number of hydrogen-bond acceptors (Lipinski definition) is 4. The molecule has 2 aromatic rings. The number of aromatic nitrogens is 2. The Balaban J connectivity index is 2.27. The number of hydrogen-bond donors (Lipinski definition) is 1. The Morgan fingerprint density at radius 2 is 1.89 bits per heavy atom. The first-order valence-electron chi connectivity index (χ1n) is 5.96. The topological polar surface area (TPSA) is 78.1 Å². The molecule has 0 bridgehead atoms. The molecule has 2 N–H and O–H groups in total. The lowest BCUT2D eigenvalue weighted by Crippen LogP contribution is -2.15. The second kappa shape index (κ2) is 5.48. The molecule has 0 saturated carbocycles. The maximum Gasteiger partial charge on any atom is 0.286 e. The third-order valence-electron chi connectivity index (χ3n) is 2.40. The van der Waals surface area contributed by atoms with Crippen LogP contribution in [-0.2, 0) is 0 Å². The van der Waals surface area contributed by atoms with Crippen LogP contribution in [0, 0.1) is 0 Å². The second-order valence-electron chi connectivity index (χ2n) is 4.32. The van der Waals surface area contributed by atoms with E-state index in [1.807, 2.05) is 38.1 Å². The lowest BCUT2D eigenvalue weighted by atomic mass is 10.1. The Hall–Kier alpha value is -2.43. The highest BCUT2D eigenvalue weighted by molar-refractivity contribution is 5.89. The monoisotopic (exact) mass is 257 g/mol. The summed E-state index contributed by atoms with van der Waals surface area (Å²) in [5.74, 6) is 0.171. The van der Waals surface area contributed by atoms with Crippen molar-refractivity contribution in [3.05, 3.63) is 42.4 Å². The van der Waals surface area contributed by atoms with Crippen LogP contribution in [0.4, 0.5) is 0 Å². The van der Waals surface area contributed by atoms with E-state index in [-0.39, 0.29) is 11.9 Å².